The summed E-state index contributed by atoms with van der Waals surface area (Å²) in [5.41, 5.74) is 6.81. The summed E-state index contributed by atoms with van der Waals surface area (Å²) in [7, 11) is 1.43. The lowest BCUT2D eigenvalue weighted by molar-refractivity contribution is 0.102. The normalized spacial score (nSPS) is 10.1. The van der Waals surface area contributed by atoms with Gasteiger partial charge in [-0.05, 0) is 36.4 Å². The van der Waals surface area contributed by atoms with Gasteiger partial charge >= 0.3 is 0 Å². The fourth-order valence-corrected chi connectivity index (χ4v) is 1.83. The van der Waals surface area contributed by atoms with Gasteiger partial charge in [0.15, 0.2) is 11.5 Å². The largest absolute Gasteiger partial charge is 0.504 e. The number of hydrogen-bond acceptors (Lipinski definition) is 4. The number of aromatic hydroxyl groups is 1. The van der Waals surface area contributed by atoms with Gasteiger partial charge in [-0.25, -0.2) is 0 Å². The van der Waals surface area contributed by atoms with Crippen molar-refractivity contribution in [2.45, 2.75) is 0 Å². The van der Waals surface area contributed by atoms with Gasteiger partial charge in [-0.3, -0.25) is 4.79 Å². The van der Waals surface area contributed by atoms with Crippen molar-refractivity contribution in [3.63, 3.8) is 0 Å². The first-order valence-electron chi connectivity index (χ1n) is 5.74. The van der Waals surface area contributed by atoms with Gasteiger partial charge in [0, 0.05) is 11.3 Å². The standard InChI is InChI=1S/C14H13ClN2O3/c1-20-13-5-2-8(6-12(13)18)14(19)17-11-7-9(16)3-4-10(11)15/h2-7,18H,16H2,1H3,(H,17,19). The summed E-state index contributed by atoms with van der Waals surface area (Å²) in [5.74, 6) is -0.224. The summed E-state index contributed by atoms with van der Waals surface area (Å²) in [6.45, 7) is 0. The van der Waals surface area contributed by atoms with E-state index in [9.17, 15) is 9.90 Å². The van der Waals surface area contributed by atoms with E-state index in [4.69, 9.17) is 22.1 Å². The van der Waals surface area contributed by atoms with Crippen molar-refractivity contribution < 1.29 is 14.6 Å². The molecule has 6 heteroatoms. The SMILES string of the molecule is COc1ccc(C(=O)Nc2cc(N)ccc2Cl)cc1O. The zero-order chi connectivity index (χ0) is 14.7. The Morgan fingerprint density at radius 3 is 2.70 bits per heavy atom. The van der Waals surface area contributed by atoms with Crippen molar-refractivity contribution >= 4 is 28.9 Å². The molecule has 20 heavy (non-hydrogen) atoms. The van der Waals surface area contributed by atoms with E-state index in [-0.39, 0.29) is 11.3 Å². The number of anilines is 2. The van der Waals surface area contributed by atoms with Crippen molar-refractivity contribution in [3.05, 3.63) is 47.0 Å². The molecule has 0 saturated carbocycles. The predicted molar refractivity (Wildman–Crippen MR) is 78.5 cm³/mol. The van der Waals surface area contributed by atoms with Crippen molar-refractivity contribution in [1.29, 1.82) is 0 Å². The summed E-state index contributed by atoms with van der Waals surface area (Å²) in [6, 6.07) is 9.15. The maximum Gasteiger partial charge on any atom is 0.255 e. The van der Waals surface area contributed by atoms with E-state index in [1.165, 1.54) is 25.3 Å². The lowest BCUT2D eigenvalue weighted by atomic mass is 10.2. The highest BCUT2D eigenvalue weighted by atomic mass is 35.5. The molecule has 2 rings (SSSR count). The van der Waals surface area contributed by atoms with E-state index in [0.717, 1.165) is 0 Å². The van der Waals surface area contributed by atoms with Gasteiger partial charge in [0.2, 0.25) is 0 Å². The van der Waals surface area contributed by atoms with E-state index < -0.39 is 5.91 Å². The van der Waals surface area contributed by atoms with Gasteiger partial charge in [0.1, 0.15) is 0 Å². The van der Waals surface area contributed by atoms with Crippen molar-refractivity contribution in [1.82, 2.24) is 0 Å². The van der Waals surface area contributed by atoms with Crippen LogP contribution in [-0.2, 0) is 0 Å². The number of amides is 1. The van der Waals surface area contributed by atoms with Crippen LogP contribution >= 0.6 is 11.6 Å². The number of nitrogens with one attached hydrogen (secondary N) is 1. The molecule has 0 spiro atoms. The van der Waals surface area contributed by atoms with Crippen LogP contribution in [0, 0.1) is 0 Å². The Balaban J connectivity index is 2.24. The van der Waals surface area contributed by atoms with Crippen LogP contribution in [0.5, 0.6) is 11.5 Å². The van der Waals surface area contributed by atoms with Crippen LogP contribution in [0.2, 0.25) is 5.02 Å². The van der Waals surface area contributed by atoms with Crippen LogP contribution in [0.15, 0.2) is 36.4 Å². The third-order valence-electron chi connectivity index (χ3n) is 2.68. The van der Waals surface area contributed by atoms with Crippen LogP contribution in [0.4, 0.5) is 11.4 Å². The fourth-order valence-electron chi connectivity index (χ4n) is 1.66. The highest BCUT2D eigenvalue weighted by Crippen LogP contribution is 2.28. The molecule has 0 aliphatic rings. The van der Waals surface area contributed by atoms with Crippen LogP contribution in [-0.4, -0.2) is 18.1 Å². The second-order valence-corrected chi connectivity index (χ2v) is 4.49. The van der Waals surface area contributed by atoms with Gasteiger partial charge < -0.3 is 20.9 Å². The Morgan fingerprint density at radius 2 is 2.05 bits per heavy atom. The minimum Gasteiger partial charge on any atom is -0.504 e. The highest BCUT2D eigenvalue weighted by Gasteiger charge is 2.11. The number of nitrogens with two attached hydrogens (primary N) is 1. The number of methoxy groups -OCH3 is 1. The van der Waals surface area contributed by atoms with E-state index in [2.05, 4.69) is 5.32 Å². The number of phenolic OH excluding ortho intramolecular Hbond substituents is 1. The molecule has 0 aromatic heterocycles. The number of carbonyl (C=O) groups is 1. The zero-order valence-electron chi connectivity index (χ0n) is 10.7. The average Bonchev–Trinajstić information content (AvgIpc) is 2.42. The molecule has 0 atom stereocenters. The molecule has 0 heterocycles. The Labute approximate surface area is 120 Å². The topological polar surface area (TPSA) is 84.6 Å². The van der Waals surface area contributed by atoms with Gasteiger partial charge in [-0.15, -0.1) is 0 Å². The average molecular weight is 293 g/mol. The van der Waals surface area contributed by atoms with Gasteiger partial charge in [0.05, 0.1) is 17.8 Å². The van der Waals surface area contributed by atoms with Crippen LogP contribution in [0.3, 0.4) is 0 Å². The molecule has 0 aliphatic carbocycles. The van der Waals surface area contributed by atoms with Crippen LogP contribution < -0.4 is 15.8 Å². The summed E-state index contributed by atoms with van der Waals surface area (Å²) < 4.78 is 4.91. The highest BCUT2D eigenvalue weighted by molar-refractivity contribution is 6.34. The molecular weight excluding hydrogens is 280 g/mol. The van der Waals surface area contributed by atoms with Gasteiger partial charge in [-0.2, -0.15) is 0 Å². The minimum atomic E-state index is -0.407. The lowest BCUT2D eigenvalue weighted by Gasteiger charge is -2.09. The van der Waals surface area contributed by atoms with Gasteiger partial charge in [0.25, 0.3) is 5.91 Å². The summed E-state index contributed by atoms with van der Waals surface area (Å²) >= 11 is 5.97. The summed E-state index contributed by atoms with van der Waals surface area (Å²) in [6.07, 6.45) is 0. The van der Waals surface area contributed by atoms with Gasteiger partial charge in [-0.1, -0.05) is 11.6 Å². The molecule has 0 fully saturated rings. The number of nitrogen functional groups attached to an aromatic ring is 1. The predicted octanol–water partition coefficient (Wildman–Crippen LogP) is 2.89. The Morgan fingerprint density at radius 1 is 1.30 bits per heavy atom. The number of hydrogen-bond donors (Lipinski definition) is 3. The van der Waals surface area contributed by atoms with Crippen molar-refractivity contribution in [3.8, 4) is 11.5 Å². The number of rotatable bonds is 3. The fraction of sp³-hybridized carbons (Fsp3) is 0.0714. The maximum atomic E-state index is 12.1. The molecule has 0 aliphatic heterocycles. The quantitative estimate of drug-likeness (QED) is 0.759. The maximum absolute atomic E-state index is 12.1. The molecule has 2 aromatic rings. The second-order valence-electron chi connectivity index (χ2n) is 4.08. The van der Waals surface area contributed by atoms with Crippen LogP contribution in [0.25, 0.3) is 0 Å². The number of halogens is 1. The zero-order valence-corrected chi connectivity index (χ0v) is 11.4. The van der Waals surface area contributed by atoms with E-state index >= 15 is 0 Å². The lowest BCUT2D eigenvalue weighted by Crippen LogP contribution is -2.12. The second kappa shape index (κ2) is 5.71. The molecule has 4 N–H and O–H groups in total. The van der Waals surface area contributed by atoms with E-state index in [0.29, 0.717) is 22.1 Å². The molecule has 104 valence electrons. The molecule has 2 aromatic carbocycles. The summed E-state index contributed by atoms with van der Waals surface area (Å²) in [4.78, 5) is 12.1. The Bertz CT molecular complexity index is 659. The molecule has 0 saturated heterocycles. The number of carbonyl (C=O) groups excluding carboxylic acids is 1. The smallest absolute Gasteiger partial charge is 0.255 e. The number of benzene rings is 2. The Kier molecular flexibility index (Phi) is 4.00. The van der Waals surface area contributed by atoms with Crippen molar-refractivity contribution in [2.24, 2.45) is 0 Å². The molecule has 0 bridgehead atoms. The van der Waals surface area contributed by atoms with Crippen molar-refractivity contribution in [2.75, 3.05) is 18.2 Å². The first kappa shape index (κ1) is 14.0. The van der Waals surface area contributed by atoms with E-state index in [1.807, 2.05) is 0 Å². The number of phenols is 1. The third-order valence-corrected chi connectivity index (χ3v) is 3.01. The van der Waals surface area contributed by atoms with E-state index in [1.54, 1.807) is 18.2 Å². The summed E-state index contributed by atoms with van der Waals surface area (Å²) in [5, 5.41) is 12.7. The molecule has 1 amide bonds. The monoisotopic (exact) mass is 292 g/mol. The Hall–Kier alpha value is -2.40. The first-order valence-corrected chi connectivity index (χ1v) is 6.12. The third kappa shape index (κ3) is 2.95. The molecule has 0 unspecified atom stereocenters. The molecule has 5 nitrogen and oxygen atoms in total. The first-order chi connectivity index (χ1) is 9.51. The van der Waals surface area contributed by atoms with Crippen LogP contribution in [0.1, 0.15) is 10.4 Å². The molecule has 0 radical (unpaired) electrons. The molecular formula is C14H13ClN2O3. The minimum absolute atomic E-state index is 0.112. The number of ether oxygens (including phenoxy) is 1.